The minimum atomic E-state index is -0.666. The maximum absolute atomic E-state index is 12.7. The highest BCUT2D eigenvalue weighted by atomic mass is 16.3. The van der Waals surface area contributed by atoms with Crippen LogP contribution in [0, 0.1) is 5.92 Å². The fourth-order valence-electron chi connectivity index (χ4n) is 3.13. The molecule has 0 aromatic heterocycles. The smallest absolute Gasteiger partial charge is 0.169 e. The molecule has 1 fully saturated rings. The quantitative estimate of drug-likeness (QED) is 0.643. The van der Waals surface area contributed by atoms with Crippen LogP contribution in [0.3, 0.4) is 0 Å². The molecule has 0 saturated heterocycles. The van der Waals surface area contributed by atoms with Crippen LogP contribution in [0.2, 0.25) is 0 Å². The molecule has 0 heterocycles. The van der Waals surface area contributed by atoms with Gasteiger partial charge in [0, 0.05) is 0 Å². The predicted molar refractivity (Wildman–Crippen MR) is 101 cm³/mol. The number of allylic oxidation sites excluding steroid dienone is 2. The Hall–Kier alpha value is -3.14. The van der Waals surface area contributed by atoms with Gasteiger partial charge in [0.15, 0.2) is 11.6 Å². The highest BCUT2D eigenvalue weighted by molar-refractivity contribution is 6.16. The van der Waals surface area contributed by atoms with Gasteiger partial charge in [0.05, 0.1) is 5.92 Å². The Morgan fingerprint density at radius 1 is 1.00 bits per heavy atom. The van der Waals surface area contributed by atoms with E-state index in [1.807, 2.05) is 6.07 Å². The molecule has 1 saturated carbocycles. The van der Waals surface area contributed by atoms with Gasteiger partial charge in [0.2, 0.25) is 0 Å². The van der Waals surface area contributed by atoms with Gasteiger partial charge in [-0.3, -0.25) is 9.59 Å². The largest absolute Gasteiger partial charge is 0.508 e. The molecule has 1 unspecified atom stereocenters. The predicted octanol–water partition coefficient (Wildman–Crippen LogP) is 4.13. The third-order valence-electron chi connectivity index (χ3n) is 4.44. The van der Waals surface area contributed by atoms with Crippen LogP contribution in [0.15, 0.2) is 60.2 Å². The van der Waals surface area contributed by atoms with Crippen molar-refractivity contribution in [1.29, 1.82) is 0 Å². The van der Waals surface area contributed by atoms with Crippen molar-refractivity contribution in [2.24, 2.45) is 5.92 Å². The lowest BCUT2D eigenvalue weighted by atomic mass is 9.81. The van der Waals surface area contributed by atoms with E-state index in [4.69, 9.17) is 0 Å². The third-order valence-corrected chi connectivity index (χ3v) is 4.44. The second-order valence-electron chi connectivity index (χ2n) is 6.40. The number of aromatic hydroxyl groups is 2. The van der Waals surface area contributed by atoms with E-state index in [9.17, 15) is 19.8 Å². The number of phenolic OH excluding ortho intramolecular Hbond substituents is 2. The summed E-state index contributed by atoms with van der Waals surface area (Å²) in [6.45, 7) is 0. The van der Waals surface area contributed by atoms with Crippen molar-refractivity contribution < 1.29 is 19.8 Å². The number of hydrogen-bond donors (Lipinski definition) is 2. The van der Waals surface area contributed by atoms with Crippen LogP contribution >= 0.6 is 0 Å². The fourth-order valence-corrected chi connectivity index (χ4v) is 3.13. The summed E-state index contributed by atoms with van der Waals surface area (Å²) in [5.41, 5.74) is 2.07. The van der Waals surface area contributed by atoms with Gasteiger partial charge in [-0.25, -0.2) is 0 Å². The molecule has 2 aromatic carbocycles. The lowest BCUT2D eigenvalue weighted by molar-refractivity contribution is -0.129. The zero-order valence-corrected chi connectivity index (χ0v) is 14.3. The monoisotopic (exact) mass is 348 g/mol. The van der Waals surface area contributed by atoms with Gasteiger partial charge in [0.1, 0.15) is 11.5 Å². The maximum Gasteiger partial charge on any atom is 0.169 e. The molecular weight excluding hydrogens is 328 g/mol. The fraction of sp³-hybridized carbons (Fsp3) is 0.182. The molecule has 0 bridgehead atoms. The summed E-state index contributed by atoms with van der Waals surface area (Å²) < 4.78 is 0. The van der Waals surface area contributed by atoms with Crippen LogP contribution in [-0.4, -0.2) is 21.8 Å². The van der Waals surface area contributed by atoms with Gasteiger partial charge < -0.3 is 10.2 Å². The molecular formula is C22H20O4. The van der Waals surface area contributed by atoms with Crippen LogP contribution in [0.1, 0.15) is 30.4 Å². The summed E-state index contributed by atoms with van der Waals surface area (Å²) in [4.78, 5) is 25.2. The molecule has 1 aliphatic carbocycles. The first-order valence-electron chi connectivity index (χ1n) is 8.58. The maximum atomic E-state index is 12.7. The molecule has 3 rings (SSSR count). The molecule has 132 valence electrons. The van der Waals surface area contributed by atoms with Crippen molar-refractivity contribution in [3.8, 4) is 11.5 Å². The summed E-state index contributed by atoms with van der Waals surface area (Å²) in [7, 11) is 0. The highest BCUT2D eigenvalue weighted by Crippen LogP contribution is 2.28. The van der Waals surface area contributed by atoms with Crippen molar-refractivity contribution in [3.05, 3.63) is 71.3 Å². The summed E-state index contributed by atoms with van der Waals surface area (Å²) >= 11 is 0. The number of carbonyl (C=O) groups excluding carboxylic acids is 2. The normalized spacial score (nSPS) is 19.2. The summed E-state index contributed by atoms with van der Waals surface area (Å²) in [5, 5.41) is 19.0. The first kappa shape index (κ1) is 17.7. The Bertz CT molecular complexity index is 893. The summed E-state index contributed by atoms with van der Waals surface area (Å²) in [5.74, 6) is -0.764. The topological polar surface area (TPSA) is 74.6 Å². The average molecular weight is 348 g/mol. The Morgan fingerprint density at radius 3 is 2.35 bits per heavy atom. The van der Waals surface area contributed by atoms with Crippen LogP contribution in [0.4, 0.5) is 0 Å². The molecule has 1 aliphatic rings. The molecule has 0 amide bonds. The zero-order chi connectivity index (χ0) is 18.5. The molecule has 4 heteroatoms. The zero-order valence-electron chi connectivity index (χ0n) is 14.3. The van der Waals surface area contributed by atoms with Gasteiger partial charge in [-0.2, -0.15) is 0 Å². The number of rotatable bonds is 4. The van der Waals surface area contributed by atoms with Crippen molar-refractivity contribution in [1.82, 2.24) is 0 Å². The molecule has 0 radical (unpaired) electrons. The molecule has 26 heavy (non-hydrogen) atoms. The Labute approximate surface area is 152 Å². The standard InChI is InChI=1S/C22H20O4/c23-18-7-1-4-15(13-18)10-11-21(25)20-9-3-6-17(22(20)26)12-16-5-2-8-19(24)14-16/h1-2,4-5,7-8,10-14,20,23-24H,3,6,9H2/b11-10+,17-12-. The number of benzene rings is 2. The summed E-state index contributed by atoms with van der Waals surface area (Å²) in [6, 6.07) is 13.3. The van der Waals surface area contributed by atoms with Crippen LogP contribution in [-0.2, 0) is 9.59 Å². The van der Waals surface area contributed by atoms with Gasteiger partial charge in [-0.15, -0.1) is 0 Å². The van der Waals surface area contributed by atoms with Crippen molar-refractivity contribution >= 4 is 23.7 Å². The van der Waals surface area contributed by atoms with Gasteiger partial charge in [0.25, 0.3) is 0 Å². The second kappa shape index (κ2) is 7.83. The first-order chi connectivity index (χ1) is 12.5. The van der Waals surface area contributed by atoms with Gasteiger partial charge in [-0.05, 0) is 72.4 Å². The van der Waals surface area contributed by atoms with Crippen molar-refractivity contribution in [2.45, 2.75) is 19.3 Å². The molecule has 2 N–H and O–H groups in total. The van der Waals surface area contributed by atoms with E-state index in [1.165, 1.54) is 6.08 Å². The molecule has 1 atom stereocenters. The van der Waals surface area contributed by atoms with E-state index < -0.39 is 5.92 Å². The Kier molecular flexibility index (Phi) is 5.32. The number of hydrogen-bond acceptors (Lipinski definition) is 4. The SMILES string of the molecule is O=C(/C=C/c1cccc(O)c1)C1CCC/C(=C/c2cccc(O)c2)C1=O. The van der Waals surface area contributed by atoms with Gasteiger partial charge in [-0.1, -0.05) is 30.3 Å². The van der Waals surface area contributed by atoms with Crippen LogP contribution < -0.4 is 0 Å². The van der Waals surface area contributed by atoms with E-state index in [-0.39, 0.29) is 23.1 Å². The molecule has 0 aliphatic heterocycles. The Morgan fingerprint density at radius 2 is 1.65 bits per heavy atom. The first-order valence-corrected chi connectivity index (χ1v) is 8.58. The Balaban J connectivity index is 1.75. The number of phenols is 2. The lowest BCUT2D eigenvalue weighted by Crippen LogP contribution is -2.27. The van der Waals surface area contributed by atoms with E-state index >= 15 is 0 Å². The van der Waals surface area contributed by atoms with Crippen molar-refractivity contribution in [3.63, 3.8) is 0 Å². The van der Waals surface area contributed by atoms with E-state index in [0.29, 0.717) is 24.0 Å². The molecule has 0 spiro atoms. The van der Waals surface area contributed by atoms with E-state index in [2.05, 4.69) is 0 Å². The highest BCUT2D eigenvalue weighted by Gasteiger charge is 2.30. The lowest BCUT2D eigenvalue weighted by Gasteiger charge is -2.21. The van der Waals surface area contributed by atoms with E-state index in [0.717, 1.165) is 12.0 Å². The minimum Gasteiger partial charge on any atom is -0.508 e. The molecule has 4 nitrogen and oxygen atoms in total. The van der Waals surface area contributed by atoms with Crippen LogP contribution in [0.5, 0.6) is 11.5 Å². The molecule has 2 aromatic rings. The van der Waals surface area contributed by atoms with Crippen LogP contribution in [0.25, 0.3) is 12.2 Å². The number of ketones is 2. The minimum absolute atomic E-state index is 0.129. The number of Topliss-reactive ketones (excluding diaryl/α,β-unsaturated/α-hetero) is 1. The summed E-state index contributed by atoms with van der Waals surface area (Å²) in [6.07, 6.45) is 6.72. The second-order valence-corrected chi connectivity index (χ2v) is 6.40. The van der Waals surface area contributed by atoms with E-state index in [1.54, 1.807) is 54.6 Å². The van der Waals surface area contributed by atoms with Gasteiger partial charge >= 0.3 is 0 Å². The third kappa shape index (κ3) is 4.28. The van der Waals surface area contributed by atoms with Crippen molar-refractivity contribution in [2.75, 3.05) is 0 Å². The number of carbonyl (C=O) groups is 2. The average Bonchev–Trinajstić information content (AvgIpc) is 2.62.